The molecule has 0 amide bonds. The molecule has 0 unspecified atom stereocenters. The van der Waals surface area contributed by atoms with Gasteiger partial charge in [0.25, 0.3) is 0 Å². The summed E-state index contributed by atoms with van der Waals surface area (Å²) in [7, 11) is 3.03. The Balaban J connectivity index is 0.00000529. The van der Waals surface area contributed by atoms with Crippen LogP contribution < -0.4 is 15.4 Å². The summed E-state index contributed by atoms with van der Waals surface area (Å²) in [6.07, 6.45) is -4.18. The van der Waals surface area contributed by atoms with E-state index in [1.165, 1.54) is 11.9 Å². The van der Waals surface area contributed by atoms with Crippen LogP contribution >= 0.6 is 24.0 Å². The second-order valence-corrected chi connectivity index (χ2v) is 4.94. The molecule has 0 heterocycles. The summed E-state index contributed by atoms with van der Waals surface area (Å²) in [5.41, 5.74) is 0. The van der Waals surface area contributed by atoms with Gasteiger partial charge in [-0.05, 0) is 19.2 Å². The Labute approximate surface area is 157 Å². The average molecular weight is 460 g/mol. The molecule has 0 atom stereocenters. The Morgan fingerprint density at radius 2 is 1.79 bits per heavy atom. The largest absolute Gasteiger partial charge is 0.492 e. The lowest BCUT2D eigenvalue weighted by Crippen LogP contribution is -2.43. The van der Waals surface area contributed by atoms with Crippen LogP contribution in [0.1, 0.15) is 0 Å². The highest BCUT2D eigenvalue weighted by Crippen LogP contribution is 2.14. The summed E-state index contributed by atoms with van der Waals surface area (Å²) in [5, 5.41) is 5.99. The van der Waals surface area contributed by atoms with E-state index in [-0.39, 0.29) is 30.5 Å². The average Bonchev–Trinajstić information content (AvgIpc) is 2.49. The van der Waals surface area contributed by atoms with E-state index in [0.29, 0.717) is 25.7 Å². The fourth-order valence-electron chi connectivity index (χ4n) is 1.83. The first-order valence-corrected chi connectivity index (χ1v) is 7.28. The summed E-state index contributed by atoms with van der Waals surface area (Å²) < 4.78 is 42.1. The zero-order valence-electron chi connectivity index (χ0n) is 13.8. The van der Waals surface area contributed by atoms with Gasteiger partial charge < -0.3 is 15.4 Å². The molecule has 0 aliphatic carbocycles. The molecule has 5 nitrogen and oxygen atoms in total. The van der Waals surface area contributed by atoms with Gasteiger partial charge in [-0.1, -0.05) is 18.2 Å². The van der Waals surface area contributed by atoms with Crippen molar-refractivity contribution in [3.63, 3.8) is 0 Å². The van der Waals surface area contributed by atoms with E-state index in [1.807, 2.05) is 30.3 Å². The topological polar surface area (TPSA) is 48.9 Å². The van der Waals surface area contributed by atoms with Crippen LogP contribution in [0.25, 0.3) is 0 Å². The molecule has 0 spiro atoms. The molecule has 0 radical (unpaired) electrons. The highest BCUT2D eigenvalue weighted by Gasteiger charge is 2.28. The molecule has 0 saturated heterocycles. The van der Waals surface area contributed by atoms with Crippen LogP contribution in [0.15, 0.2) is 35.3 Å². The molecule has 24 heavy (non-hydrogen) atoms. The summed E-state index contributed by atoms with van der Waals surface area (Å²) in [6.45, 7) is 0.698. The van der Waals surface area contributed by atoms with E-state index in [4.69, 9.17) is 4.74 Å². The van der Waals surface area contributed by atoms with Crippen LogP contribution in [-0.4, -0.2) is 63.9 Å². The van der Waals surface area contributed by atoms with Crippen molar-refractivity contribution in [3.8, 4) is 5.75 Å². The van der Waals surface area contributed by atoms with Gasteiger partial charge in [-0.3, -0.25) is 9.89 Å². The fraction of sp³-hybridized carbons (Fsp3) is 0.533. The number of nitrogens with zero attached hydrogens (tertiary/aromatic N) is 2. The molecule has 1 aromatic rings. The van der Waals surface area contributed by atoms with Gasteiger partial charge in [0, 0.05) is 20.1 Å². The predicted octanol–water partition coefficient (Wildman–Crippen LogP) is 2.34. The van der Waals surface area contributed by atoms with E-state index in [9.17, 15) is 13.2 Å². The minimum atomic E-state index is -4.18. The molecule has 9 heteroatoms. The third-order valence-corrected chi connectivity index (χ3v) is 2.87. The molecule has 0 aromatic heterocycles. The number of benzene rings is 1. The second kappa shape index (κ2) is 12.2. The standard InChI is InChI=1S/C15H23F3N4O.HI/c1-19-14(20-8-10-22(2)12-15(16,17)18)21-9-11-23-13-6-4-3-5-7-13;/h3-7H,8-12H2,1-2H3,(H2,19,20,21);1H. The zero-order chi connectivity index (χ0) is 17.1. The van der Waals surface area contributed by atoms with Crippen molar-refractivity contribution in [2.45, 2.75) is 6.18 Å². The highest BCUT2D eigenvalue weighted by molar-refractivity contribution is 14.0. The second-order valence-electron chi connectivity index (χ2n) is 4.94. The van der Waals surface area contributed by atoms with E-state index in [2.05, 4.69) is 15.6 Å². The molecule has 1 aromatic carbocycles. The van der Waals surface area contributed by atoms with Crippen molar-refractivity contribution in [1.82, 2.24) is 15.5 Å². The maximum absolute atomic E-state index is 12.2. The molecular formula is C15H24F3IN4O. The summed E-state index contributed by atoms with van der Waals surface area (Å²) in [4.78, 5) is 5.21. The van der Waals surface area contributed by atoms with Crippen molar-refractivity contribution in [1.29, 1.82) is 0 Å². The van der Waals surface area contributed by atoms with E-state index in [0.717, 1.165) is 5.75 Å². The SMILES string of the molecule is CN=C(NCCOc1ccccc1)NCCN(C)CC(F)(F)F.I. The monoisotopic (exact) mass is 460 g/mol. The third kappa shape index (κ3) is 11.3. The molecule has 138 valence electrons. The zero-order valence-corrected chi connectivity index (χ0v) is 16.1. The molecule has 0 aliphatic heterocycles. The first-order chi connectivity index (χ1) is 10.9. The number of para-hydroxylation sites is 1. The number of aliphatic imine (C=N–C) groups is 1. The highest BCUT2D eigenvalue weighted by atomic mass is 127. The van der Waals surface area contributed by atoms with Crippen LogP contribution in [0, 0.1) is 0 Å². The maximum atomic E-state index is 12.2. The Hall–Kier alpha value is -1.23. The number of hydrogen-bond acceptors (Lipinski definition) is 3. The number of alkyl halides is 3. The lowest BCUT2D eigenvalue weighted by molar-refractivity contribution is -0.142. The molecule has 1 rings (SSSR count). The molecule has 2 N–H and O–H groups in total. The van der Waals surface area contributed by atoms with Crippen molar-refractivity contribution < 1.29 is 17.9 Å². The molecule has 0 aliphatic rings. The normalized spacial score (nSPS) is 11.8. The summed E-state index contributed by atoms with van der Waals surface area (Å²) >= 11 is 0. The number of rotatable bonds is 8. The van der Waals surface area contributed by atoms with Crippen molar-refractivity contribution in [3.05, 3.63) is 30.3 Å². The third-order valence-electron chi connectivity index (χ3n) is 2.87. The Bertz CT molecular complexity index is 472. The number of guanidine groups is 1. The van der Waals surface area contributed by atoms with E-state index < -0.39 is 12.7 Å². The van der Waals surface area contributed by atoms with Gasteiger partial charge in [-0.15, -0.1) is 24.0 Å². The van der Waals surface area contributed by atoms with Gasteiger partial charge in [0.1, 0.15) is 12.4 Å². The molecule has 0 fully saturated rings. The fourth-order valence-corrected chi connectivity index (χ4v) is 1.83. The summed E-state index contributed by atoms with van der Waals surface area (Å²) in [6, 6.07) is 9.42. The van der Waals surface area contributed by atoms with Gasteiger partial charge in [-0.2, -0.15) is 13.2 Å². The number of ether oxygens (including phenoxy) is 1. The number of nitrogens with one attached hydrogen (secondary N) is 2. The lowest BCUT2D eigenvalue weighted by Gasteiger charge is -2.19. The summed E-state index contributed by atoms with van der Waals surface area (Å²) in [5.74, 6) is 1.31. The molecular weight excluding hydrogens is 436 g/mol. The Kier molecular flexibility index (Phi) is 11.6. The molecule has 0 bridgehead atoms. The van der Waals surface area contributed by atoms with Crippen LogP contribution in [0.5, 0.6) is 5.75 Å². The minimum absolute atomic E-state index is 0. The van der Waals surface area contributed by atoms with Crippen molar-refractivity contribution >= 4 is 29.9 Å². The van der Waals surface area contributed by atoms with Gasteiger partial charge in [0.05, 0.1) is 13.1 Å². The van der Waals surface area contributed by atoms with Crippen LogP contribution in [-0.2, 0) is 0 Å². The van der Waals surface area contributed by atoms with Gasteiger partial charge in [0.2, 0.25) is 0 Å². The van der Waals surface area contributed by atoms with Crippen LogP contribution in [0.4, 0.5) is 13.2 Å². The number of halogens is 4. The first-order valence-electron chi connectivity index (χ1n) is 7.28. The number of likely N-dealkylation sites (N-methyl/N-ethyl adjacent to an activating group) is 1. The predicted molar refractivity (Wildman–Crippen MR) is 100 cm³/mol. The first kappa shape index (κ1) is 22.8. The lowest BCUT2D eigenvalue weighted by atomic mass is 10.3. The van der Waals surface area contributed by atoms with E-state index >= 15 is 0 Å². The maximum Gasteiger partial charge on any atom is 0.401 e. The van der Waals surface area contributed by atoms with E-state index in [1.54, 1.807) is 7.05 Å². The van der Waals surface area contributed by atoms with Gasteiger partial charge in [0.15, 0.2) is 5.96 Å². The van der Waals surface area contributed by atoms with Crippen molar-refractivity contribution in [2.75, 3.05) is 46.9 Å². The minimum Gasteiger partial charge on any atom is -0.492 e. The Morgan fingerprint density at radius 3 is 2.38 bits per heavy atom. The number of hydrogen-bond donors (Lipinski definition) is 2. The Morgan fingerprint density at radius 1 is 1.17 bits per heavy atom. The van der Waals surface area contributed by atoms with Crippen LogP contribution in [0.3, 0.4) is 0 Å². The van der Waals surface area contributed by atoms with Crippen LogP contribution in [0.2, 0.25) is 0 Å². The van der Waals surface area contributed by atoms with Gasteiger partial charge in [-0.25, -0.2) is 0 Å². The molecule has 0 saturated carbocycles. The quantitative estimate of drug-likeness (QED) is 0.271. The van der Waals surface area contributed by atoms with Gasteiger partial charge >= 0.3 is 6.18 Å². The smallest absolute Gasteiger partial charge is 0.401 e. The van der Waals surface area contributed by atoms with Crippen molar-refractivity contribution in [2.24, 2.45) is 4.99 Å².